The van der Waals surface area contributed by atoms with Gasteiger partial charge in [0.25, 0.3) is 0 Å². The average Bonchev–Trinajstić information content (AvgIpc) is 2.84. The van der Waals surface area contributed by atoms with Crippen LogP contribution in [0.4, 0.5) is 0 Å². The van der Waals surface area contributed by atoms with Gasteiger partial charge >= 0.3 is 0 Å². The van der Waals surface area contributed by atoms with E-state index in [1.54, 1.807) is 6.08 Å². The molecule has 0 aromatic heterocycles. The first-order valence-corrected chi connectivity index (χ1v) is 6.14. The Morgan fingerprint density at radius 2 is 1.93 bits per heavy atom. The van der Waals surface area contributed by atoms with Gasteiger partial charge in [0.05, 0.1) is 0 Å². The number of carbonyl (C=O) groups is 1. The van der Waals surface area contributed by atoms with Crippen LogP contribution in [0.15, 0.2) is 12.2 Å². The summed E-state index contributed by atoms with van der Waals surface area (Å²) in [6.07, 6.45) is 11.8. The molecule has 1 heterocycles. The van der Waals surface area contributed by atoms with Gasteiger partial charge in [0, 0.05) is 12.0 Å². The third kappa shape index (κ3) is 1.12. The highest BCUT2D eigenvalue weighted by atomic mass is 16.5. The molecule has 1 aliphatic heterocycles. The number of hydrogen-bond donors (Lipinski definition) is 0. The van der Waals surface area contributed by atoms with Crippen LogP contribution in [0.25, 0.3) is 0 Å². The second kappa shape index (κ2) is 3.18. The number of rotatable bonds is 0. The third-order valence-electron chi connectivity index (χ3n) is 4.61. The Balaban J connectivity index is 2.05. The first-order valence-electron chi connectivity index (χ1n) is 6.14. The number of allylic oxidation sites excluding steroid dienone is 1. The van der Waals surface area contributed by atoms with E-state index < -0.39 is 5.60 Å². The lowest BCUT2D eigenvalue weighted by molar-refractivity contribution is -0.153. The van der Waals surface area contributed by atoms with Crippen molar-refractivity contribution in [2.45, 2.75) is 50.5 Å². The van der Waals surface area contributed by atoms with E-state index in [-0.39, 0.29) is 11.2 Å². The topological polar surface area (TPSA) is 26.3 Å². The Kier molecular flexibility index (Phi) is 2.03. The van der Waals surface area contributed by atoms with Crippen molar-refractivity contribution in [3.63, 3.8) is 0 Å². The molecule has 82 valence electrons. The summed E-state index contributed by atoms with van der Waals surface area (Å²) in [5, 5.41) is 0. The molecule has 2 fully saturated rings. The molecule has 1 atom stereocenters. The smallest absolute Gasteiger partial charge is 0.187 e. The second-order valence-corrected chi connectivity index (χ2v) is 5.24. The quantitative estimate of drug-likeness (QED) is 0.609. The van der Waals surface area contributed by atoms with Crippen molar-refractivity contribution in [2.75, 3.05) is 6.61 Å². The zero-order chi connectivity index (χ0) is 10.4. The van der Waals surface area contributed by atoms with Gasteiger partial charge in [-0.3, -0.25) is 4.79 Å². The maximum atomic E-state index is 12.2. The summed E-state index contributed by atoms with van der Waals surface area (Å²) >= 11 is 0. The van der Waals surface area contributed by atoms with Gasteiger partial charge in [0.15, 0.2) is 5.78 Å². The molecule has 2 heteroatoms. The van der Waals surface area contributed by atoms with Crippen LogP contribution in [-0.2, 0) is 9.53 Å². The summed E-state index contributed by atoms with van der Waals surface area (Å²) in [6, 6.07) is 0. The molecule has 2 spiro atoms. The lowest BCUT2D eigenvalue weighted by atomic mass is 9.62. The van der Waals surface area contributed by atoms with Crippen LogP contribution in [0.5, 0.6) is 0 Å². The minimum Gasteiger partial charge on any atom is -0.366 e. The molecule has 0 aromatic carbocycles. The van der Waals surface area contributed by atoms with Gasteiger partial charge in [-0.25, -0.2) is 0 Å². The van der Waals surface area contributed by atoms with Crippen molar-refractivity contribution in [1.29, 1.82) is 0 Å². The molecule has 0 aromatic rings. The van der Waals surface area contributed by atoms with E-state index >= 15 is 0 Å². The molecule has 0 N–H and O–H groups in total. The van der Waals surface area contributed by atoms with Crippen LogP contribution in [0.3, 0.4) is 0 Å². The minimum absolute atomic E-state index is 0.162. The molecule has 15 heavy (non-hydrogen) atoms. The fourth-order valence-corrected chi connectivity index (χ4v) is 3.86. The predicted octanol–water partition coefficient (Wildman–Crippen LogP) is 2.63. The van der Waals surface area contributed by atoms with Gasteiger partial charge in [-0.1, -0.05) is 18.9 Å². The summed E-state index contributed by atoms with van der Waals surface area (Å²) in [7, 11) is 0. The molecular weight excluding hydrogens is 188 g/mol. The van der Waals surface area contributed by atoms with Crippen molar-refractivity contribution >= 4 is 5.78 Å². The Morgan fingerprint density at radius 1 is 1.13 bits per heavy atom. The lowest BCUT2D eigenvalue weighted by Crippen LogP contribution is -2.53. The van der Waals surface area contributed by atoms with Gasteiger partial charge in [-0.05, 0) is 38.2 Å². The Labute approximate surface area is 90.7 Å². The molecule has 0 amide bonds. The molecule has 0 unspecified atom stereocenters. The van der Waals surface area contributed by atoms with Crippen molar-refractivity contribution in [1.82, 2.24) is 0 Å². The molecule has 2 nitrogen and oxygen atoms in total. The molecule has 0 bridgehead atoms. The fraction of sp³-hybridized carbons (Fsp3) is 0.769. The molecular formula is C13H18O2. The van der Waals surface area contributed by atoms with E-state index in [2.05, 4.69) is 6.08 Å². The molecule has 3 rings (SSSR count). The number of ether oxygens (including phenoxy) is 1. The summed E-state index contributed by atoms with van der Waals surface area (Å²) in [6.45, 7) is 0.779. The molecule has 3 aliphatic rings. The maximum absolute atomic E-state index is 12.2. The van der Waals surface area contributed by atoms with Crippen LogP contribution < -0.4 is 0 Å². The largest absolute Gasteiger partial charge is 0.366 e. The van der Waals surface area contributed by atoms with E-state index in [1.807, 2.05) is 0 Å². The minimum atomic E-state index is -0.418. The zero-order valence-corrected chi connectivity index (χ0v) is 9.13. The Morgan fingerprint density at radius 3 is 2.60 bits per heavy atom. The van der Waals surface area contributed by atoms with Gasteiger partial charge in [0.2, 0.25) is 0 Å². The highest BCUT2D eigenvalue weighted by Crippen LogP contribution is 2.56. The fourth-order valence-electron chi connectivity index (χ4n) is 3.86. The first-order chi connectivity index (χ1) is 7.29. The highest BCUT2D eigenvalue weighted by Gasteiger charge is 2.59. The van der Waals surface area contributed by atoms with Crippen molar-refractivity contribution < 1.29 is 9.53 Å². The Hall–Kier alpha value is -0.630. The van der Waals surface area contributed by atoms with E-state index in [4.69, 9.17) is 4.74 Å². The van der Waals surface area contributed by atoms with E-state index in [0.29, 0.717) is 0 Å². The molecule has 1 saturated heterocycles. The van der Waals surface area contributed by atoms with Gasteiger partial charge < -0.3 is 4.74 Å². The second-order valence-electron chi connectivity index (χ2n) is 5.24. The van der Waals surface area contributed by atoms with Gasteiger partial charge in [-0.2, -0.15) is 0 Å². The predicted molar refractivity (Wildman–Crippen MR) is 57.6 cm³/mol. The molecule has 0 radical (unpaired) electrons. The normalized spacial score (nSPS) is 38.3. The summed E-state index contributed by atoms with van der Waals surface area (Å²) in [4.78, 5) is 12.2. The highest BCUT2D eigenvalue weighted by molar-refractivity contribution is 5.99. The standard InChI is InChI=1S/C13H18O2/c14-11-5-3-8-12(6-1-2-7-12)13(11)9-4-10-15-13/h3,5H,1-2,4,6-10H2/t13-/m0/s1. The van der Waals surface area contributed by atoms with Crippen LogP contribution in [0.1, 0.15) is 44.9 Å². The van der Waals surface area contributed by atoms with Crippen LogP contribution in [0, 0.1) is 5.41 Å². The van der Waals surface area contributed by atoms with E-state index in [9.17, 15) is 4.79 Å². The van der Waals surface area contributed by atoms with E-state index in [0.717, 1.165) is 25.9 Å². The van der Waals surface area contributed by atoms with Crippen LogP contribution in [-0.4, -0.2) is 18.0 Å². The SMILES string of the molecule is O=C1C=CCC2(CCCC2)[C@]12CCCO2. The number of fused-ring (bicyclic) bond motifs is 1. The maximum Gasteiger partial charge on any atom is 0.187 e. The lowest BCUT2D eigenvalue weighted by Gasteiger charge is -2.45. The Bertz CT molecular complexity index is 304. The summed E-state index contributed by atoms with van der Waals surface area (Å²) in [5.74, 6) is 0.244. The first kappa shape index (κ1) is 9.59. The molecule has 1 saturated carbocycles. The summed E-state index contributed by atoms with van der Waals surface area (Å²) < 4.78 is 5.93. The number of ketones is 1. The summed E-state index contributed by atoms with van der Waals surface area (Å²) in [5.41, 5.74) is -0.256. The van der Waals surface area contributed by atoms with Crippen LogP contribution in [0.2, 0.25) is 0 Å². The van der Waals surface area contributed by atoms with E-state index in [1.165, 1.54) is 25.7 Å². The van der Waals surface area contributed by atoms with Crippen molar-refractivity contribution in [2.24, 2.45) is 5.41 Å². The van der Waals surface area contributed by atoms with Gasteiger partial charge in [-0.15, -0.1) is 0 Å². The van der Waals surface area contributed by atoms with Gasteiger partial charge in [0.1, 0.15) is 5.60 Å². The number of hydrogen-bond acceptors (Lipinski definition) is 2. The van der Waals surface area contributed by atoms with Crippen LogP contribution >= 0.6 is 0 Å². The third-order valence-corrected chi connectivity index (χ3v) is 4.61. The van der Waals surface area contributed by atoms with Crippen molar-refractivity contribution in [3.05, 3.63) is 12.2 Å². The molecule has 2 aliphatic carbocycles. The van der Waals surface area contributed by atoms with Crippen molar-refractivity contribution in [3.8, 4) is 0 Å². The zero-order valence-electron chi connectivity index (χ0n) is 9.13. The number of carbonyl (C=O) groups excluding carboxylic acids is 1. The monoisotopic (exact) mass is 206 g/mol. The average molecular weight is 206 g/mol.